The molecule has 0 bridgehead atoms. The van der Waals surface area contributed by atoms with Crippen LogP contribution in [0.5, 0.6) is 0 Å². The molecular formula is C13H17BrClNO4. The lowest BCUT2D eigenvalue weighted by Crippen LogP contribution is -2.55. The number of carbonyl (C=O) groups excluding carboxylic acids is 1. The molecule has 112 valence electrons. The summed E-state index contributed by atoms with van der Waals surface area (Å²) < 4.78 is 15.9. The number of hydrogen-bond acceptors (Lipinski definition) is 5. The zero-order chi connectivity index (χ0) is 15.3. The number of ether oxygens (including phenoxy) is 3. The van der Waals surface area contributed by atoms with Crippen LogP contribution < -0.4 is 5.32 Å². The average molecular weight is 367 g/mol. The van der Waals surface area contributed by atoms with E-state index in [1.54, 1.807) is 25.1 Å². The van der Waals surface area contributed by atoms with Gasteiger partial charge in [-0.1, -0.05) is 11.6 Å². The molecule has 1 aromatic carbocycles. The predicted octanol–water partition coefficient (Wildman–Crippen LogP) is 3.07. The van der Waals surface area contributed by atoms with Crippen molar-refractivity contribution in [3.05, 3.63) is 27.7 Å². The van der Waals surface area contributed by atoms with Crippen molar-refractivity contribution in [2.24, 2.45) is 0 Å². The molecule has 0 saturated carbocycles. The molecule has 20 heavy (non-hydrogen) atoms. The van der Waals surface area contributed by atoms with E-state index in [-0.39, 0.29) is 0 Å². The van der Waals surface area contributed by atoms with Crippen molar-refractivity contribution in [3.63, 3.8) is 0 Å². The lowest BCUT2D eigenvalue weighted by Gasteiger charge is -2.34. The number of anilines is 1. The Morgan fingerprint density at radius 1 is 1.35 bits per heavy atom. The molecule has 1 aromatic rings. The molecule has 0 aliphatic rings. The largest absolute Gasteiger partial charge is 0.467 e. The van der Waals surface area contributed by atoms with Gasteiger partial charge in [-0.15, -0.1) is 0 Å². The maximum absolute atomic E-state index is 12.1. The summed E-state index contributed by atoms with van der Waals surface area (Å²) >= 11 is 9.27. The fraction of sp³-hybridized carbons (Fsp3) is 0.462. The quantitative estimate of drug-likeness (QED) is 0.619. The van der Waals surface area contributed by atoms with Crippen molar-refractivity contribution >= 4 is 39.2 Å². The van der Waals surface area contributed by atoms with Gasteiger partial charge in [0, 0.05) is 24.4 Å². The van der Waals surface area contributed by atoms with Crippen LogP contribution in [-0.4, -0.2) is 39.1 Å². The number of carbonyl (C=O) groups is 1. The summed E-state index contributed by atoms with van der Waals surface area (Å²) in [6.45, 7) is 1.64. The third-order valence-electron chi connectivity index (χ3n) is 2.83. The summed E-state index contributed by atoms with van der Waals surface area (Å²) in [4.78, 5) is 12.1. The minimum atomic E-state index is -1.20. The number of esters is 1. The maximum atomic E-state index is 12.1. The van der Waals surface area contributed by atoms with E-state index in [9.17, 15) is 4.79 Å². The number of methoxy groups -OCH3 is 3. The second-order valence-electron chi connectivity index (χ2n) is 4.25. The van der Waals surface area contributed by atoms with Crippen molar-refractivity contribution < 1.29 is 19.0 Å². The molecule has 7 heteroatoms. The SMILES string of the molecule is COC(=O)C(C)(Nc1ccc(Cl)c(Br)c1)C(OC)OC. The first-order valence-electron chi connectivity index (χ1n) is 5.76. The number of hydrogen-bond donors (Lipinski definition) is 1. The molecule has 1 rings (SSSR count). The lowest BCUT2D eigenvalue weighted by molar-refractivity contribution is -0.174. The van der Waals surface area contributed by atoms with Gasteiger partial charge < -0.3 is 19.5 Å². The van der Waals surface area contributed by atoms with Crippen LogP contribution in [0, 0.1) is 0 Å². The Hall–Kier alpha value is -0.820. The van der Waals surface area contributed by atoms with Crippen LogP contribution >= 0.6 is 27.5 Å². The Morgan fingerprint density at radius 3 is 2.40 bits per heavy atom. The molecule has 1 unspecified atom stereocenters. The molecule has 0 fully saturated rings. The summed E-state index contributed by atoms with van der Waals surface area (Å²) in [6.07, 6.45) is -0.815. The van der Waals surface area contributed by atoms with Crippen LogP contribution in [0.1, 0.15) is 6.92 Å². The number of rotatable bonds is 6. The minimum absolute atomic E-state index is 0.503. The van der Waals surface area contributed by atoms with Crippen molar-refractivity contribution in [1.82, 2.24) is 0 Å². The Bertz CT molecular complexity index is 481. The summed E-state index contributed by atoms with van der Waals surface area (Å²) in [6, 6.07) is 5.21. The van der Waals surface area contributed by atoms with Crippen LogP contribution in [0.3, 0.4) is 0 Å². The van der Waals surface area contributed by atoms with Crippen molar-refractivity contribution in [2.75, 3.05) is 26.6 Å². The van der Waals surface area contributed by atoms with Gasteiger partial charge in [0.05, 0.1) is 12.1 Å². The monoisotopic (exact) mass is 365 g/mol. The Kier molecular flexibility index (Phi) is 6.26. The van der Waals surface area contributed by atoms with E-state index in [4.69, 9.17) is 25.8 Å². The standard InChI is InChI=1S/C13H17BrClNO4/c1-13(11(17)18-2,12(19-3)20-4)16-8-5-6-10(15)9(14)7-8/h5-7,12,16H,1-4H3. The molecule has 0 saturated heterocycles. The van der Waals surface area contributed by atoms with Gasteiger partial charge in [-0.25, -0.2) is 4.79 Å². The van der Waals surface area contributed by atoms with Crippen molar-refractivity contribution in [1.29, 1.82) is 0 Å². The average Bonchev–Trinajstić information content (AvgIpc) is 2.43. The summed E-state index contributed by atoms with van der Waals surface area (Å²) in [5.41, 5.74) is -0.529. The normalized spacial score (nSPS) is 13.9. The molecular weight excluding hydrogens is 350 g/mol. The Balaban J connectivity index is 3.12. The van der Waals surface area contributed by atoms with Crippen LogP contribution in [-0.2, 0) is 19.0 Å². The van der Waals surface area contributed by atoms with Crippen molar-refractivity contribution in [2.45, 2.75) is 18.8 Å². The molecule has 0 heterocycles. The summed E-state index contributed by atoms with van der Waals surface area (Å²) in [5.74, 6) is -0.503. The van der Waals surface area contributed by atoms with Gasteiger partial charge in [0.1, 0.15) is 0 Å². The molecule has 0 aromatic heterocycles. The molecule has 0 amide bonds. The third kappa shape index (κ3) is 3.63. The zero-order valence-corrected chi connectivity index (χ0v) is 14.0. The predicted molar refractivity (Wildman–Crippen MR) is 81.0 cm³/mol. The van der Waals surface area contributed by atoms with E-state index in [0.717, 1.165) is 0 Å². The van der Waals surface area contributed by atoms with Gasteiger partial charge in [0.15, 0.2) is 11.8 Å². The zero-order valence-electron chi connectivity index (χ0n) is 11.7. The Labute approximate surface area is 131 Å². The topological polar surface area (TPSA) is 56.8 Å². The molecule has 0 aliphatic carbocycles. The first-order chi connectivity index (χ1) is 9.38. The van der Waals surface area contributed by atoms with Gasteiger partial charge >= 0.3 is 5.97 Å². The Morgan fingerprint density at radius 2 is 1.95 bits per heavy atom. The van der Waals surface area contributed by atoms with Gasteiger partial charge in [-0.3, -0.25) is 0 Å². The van der Waals surface area contributed by atoms with E-state index < -0.39 is 17.8 Å². The number of halogens is 2. The van der Waals surface area contributed by atoms with Crippen LogP contribution in [0.15, 0.2) is 22.7 Å². The lowest BCUT2D eigenvalue weighted by atomic mass is 10.0. The highest BCUT2D eigenvalue weighted by Gasteiger charge is 2.44. The molecule has 1 atom stereocenters. The van der Waals surface area contributed by atoms with Gasteiger partial charge in [0.2, 0.25) is 0 Å². The second kappa shape index (κ2) is 7.26. The first-order valence-corrected chi connectivity index (χ1v) is 6.93. The van der Waals surface area contributed by atoms with Gasteiger partial charge in [-0.2, -0.15) is 0 Å². The molecule has 0 aliphatic heterocycles. The van der Waals surface area contributed by atoms with Gasteiger partial charge in [0.25, 0.3) is 0 Å². The number of nitrogens with one attached hydrogen (secondary N) is 1. The highest BCUT2D eigenvalue weighted by atomic mass is 79.9. The molecule has 0 radical (unpaired) electrons. The molecule has 5 nitrogen and oxygen atoms in total. The molecule has 1 N–H and O–H groups in total. The van der Waals surface area contributed by atoms with Gasteiger partial charge in [-0.05, 0) is 41.1 Å². The van der Waals surface area contributed by atoms with Crippen LogP contribution in [0.2, 0.25) is 5.02 Å². The highest BCUT2D eigenvalue weighted by Crippen LogP contribution is 2.29. The fourth-order valence-electron chi connectivity index (χ4n) is 1.86. The van der Waals surface area contributed by atoms with E-state index in [1.165, 1.54) is 21.3 Å². The minimum Gasteiger partial charge on any atom is -0.467 e. The smallest absolute Gasteiger partial charge is 0.336 e. The molecule has 0 spiro atoms. The summed E-state index contributed by atoms with van der Waals surface area (Å²) in [5, 5.41) is 3.64. The third-order valence-corrected chi connectivity index (χ3v) is 4.05. The van der Waals surface area contributed by atoms with E-state index >= 15 is 0 Å². The van der Waals surface area contributed by atoms with E-state index in [1.807, 2.05) is 0 Å². The number of benzene rings is 1. The van der Waals surface area contributed by atoms with Crippen molar-refractivity contribution in [3.8, 4) is 0 Å². The maximum Gasteiger partial charge on any atom is 0.336 e. The van der Waals surface area contributed by atoms with E-state index in [2.05, 4.69) is 21.2 Å². The fourth-order valence-corrected chi connectivity index (χ4v) is 2.36. The van der Waals surface area contributed by atoms with E-state index in [0.29, 0.717) is 15.2 Å². The highest BCUT2D eigenvalue weighted by molar-refractivity contribution is 9.10. The van der Waals surface area contributed by atoms with Crippen LogP contribution in [0.4, 0.5) is 5.69 Å². The first kappa shape index (κ1) is 17.2. The summed E-state index contributed by atoms with van der Waals surface area (Å²) in [7, 11) is 4.21. The second-order valence-corrected chi connectivity index (χ2v) is 5.51. The van der Waals surface area contributed by atoms with Crippen LogP contribution in [0.25, 0.3) is 0 Å².